The van der Waals surface area contributed by atoms with Gasteiger partial charge in [-0.05, 0) is 19.3 Å². The molecule has 0 aromatic heterocycles. The van der Waals surface area contributed by atoms with Gasteiger partial charge in [0.25, 0.3) is 0 Å². The summed E-state index contributed by atoms with van der Waals surface area (Å²) >= 11 is 0. The average molecular weight is 405 g/mol. The summed E-state index contributed by atoms with van der Waals surface area (Å²) in [5.41, 5.74) is 5.70. The number of hydrogen-bond donors (Lipinski definition) is 7. The van der Waals surface area contributed by atoms with E-state index in [1.54, 1.807) is 0 Å². The summed E-state index contributed by atoms with van der Waals surface area (Å²) in [5.74, 6) is -1.91. The molecule has 0 bridgehead atoms. The molecule has 2 unspecified atom stereocenters. The number of nitrogens with one attached hydrogen (secondary N) is 3. The van der Waals surface area contributed by atoms with Crippen LogP contribution in [0.3, 0.4) is 0 Å². The summed E-state index contributed by atoms with van der Waals surface area (Å²) in [7, 11) is 0. The summed E-state index contributed by atoms with van der Waals surface area (Å²) in [6.07, 6.45) is -1.89. The summed E-state index contributed by atoms with van der Waals surface area (Å²) in [6.45, 7) is 6.49. The number of carboxylic acids is 1. The monoisotopic (exact) mass is 405 g/mol. The highest BCUT2D eigenvalue weighted by Gasteiger charge is 2.29. The maximum atomic E-state index is 11.9. The zero-order valence-electron chi connectivity index (χ0n) is 17.0. The van der Waals surface area contributed by atoms with Crippen LogP contribution in [0.4, 0.5) is 0 Å². The summed E-state index contributed by atoms with van der Waals surface area (Å²) in [6, 6.07) is -1.38. The van der Waals surface area contributed by atoms with Gasteiger partial charge in [-0.1, -0.05) is 20.8 Å². The van der Waals surface area contributed by atoms with Crippen LogP contribution in [-0.2, 0) is 14.4 Å². The van der Waals surface area contributed by atoms with Gasteiger partial charge < -0.3 is 26.4 Å². The van der Waals surface area contributed by atoms with Crippen molar-refractivity contribution >= 4 is 17.7 Å². The van der Waals surface area contributed by atoms with Crippen LogP contribution in [0, 0.1) is 5.92 Å². The van der Waals surface area contributed by atoms with Crippen LogP contribution in [0.5, 0.6) is 0 Å². The summed E-state index contributed by atoms with van der Waals surface area (Å²) < 4.78 is 0. The number of rotatable bonds is 15. The molecule has 4 atom stereocenters. The first kappa shape index (κ1) is 26.4. The van der Waals surface area contributed by atoms with E-state index >= 15 is 0 Å². The Balaban J connectivity index is 4.96. The molecule has 0 aromatic rings. The first-order valence-electron chi connectivity index (χ1n) is 9.34. The maximum absolute atomic E-state index is 11.9. The van der Waals surface area contributed by atoms with Crippen molar-refractivity contribution < 1.29 is 29.7 Å². The lowest BCUT2D eigenvalue weighted by Crippen LogP contribution is -2.62. The molecule has 0 spiro atoms. The Morgan fingerprint density at radius 2 is 1.75 bits per heavy atom. The minimum absolute atomic E-state index is 0.0512. The Hall–Kier alpha value is -1.63. The highest BCUT2D eigenvalue weighted by molar-refractivity contribution is 5.82. The molecule has 0 saturated heterocycles. The van der Waals surface area contributed by atoms with Crippen LogP contribution in [0.1, 0.15) is 34.1 Å². The van der Waals surface area contributed by atoms with Crippen molar-refractivity contribution in [1.29, 1.82) is 0 Å². The van der Waals surface area contributed by atoms with Crippen LogP contribution in [0.15, 0.2) is 0 Å². The number of nitrogens with zero attached hydrogens (tertiary/aromatic N) is 1. The third-order valence-corrected chi connectivity index (χ3v) is 4.10. The lowest BCUT2D eigenvalue weighted by Gasteiger charge is -2.35. The quantitative estimate of drug-likeness (QED) is 0.145. The van der Waals surface area contributed by atoms with E-state index in [1.807, 2.05) is 20.8 Å². The second-order valence-corrected chi connectivity index (χ2v) is 6.96. The summed E-state index contributed by atoms with van der Waals surface area (Å²) in [4.78, 5) is 35.5. The van der Waals surface area contributed by atoms with Crippen molar-refractivity contribution in [2.45, 2.75) is 58.8 Å². The summed E-state index contributed by atoms with van der Waals surface area (Å²) in [5, 5.41) is 37.1. The Morgan fingerprint density at radius 3 is 2.18 bits per heavy atom. The number of carbonyl (C=O) groups excluding carboxylic acids is 2. The van der Waals surface area contributed by atoms with Gasteiger partial charge in [0, 0.05) is 13.1 Å². The normalized spacial score (nSPS) is 15.9. The Morgan fingerprint density at radius 1 is 1.14 bits per heavy atom. The van der Waals surface area contributed by atoms with Gasteiger partial charge in [-0.3, -0.25) is 29.9 Å². The van der Waals surface area contributed by atoms with E-state index in [-0.39, 0.29) is 24.8 Å². The van der Waals surface area contributed by atoms with Crippen molar-refractivity contribution in [2.75, 3.05) is 26.2 Å². The molecule has 11 nitrogen and oxygen atoms in total. The third-order valence-electron chi connectivity index (χ3n) is 4.10. The molecule has 8 N–H and O–H groups in total. The minimum Gasteiger partial charge on any atom is -0.480 e. The number of ketones is 1. The highest BCUT2D eigenvalue weighted by atomic mass is 16.4. The van der Waals surface area contributed by atoms with E-state index in [0.29, 0.717) is 13.0 Å². The van der Waals surface area contributed by atoms with E-state index in [9.17, 15) is 24.6 Å². The van der Waals surface area contributed by atoms with E-state index in [0.717, 1.165) is 0 Å². The number of carboxylic acid groups (broad SMARTS) is 1. The first-order valence-corrected chi connectivity index (χ1v) is 9.34. The molecule has 0 saturated carbocycles. The SMILES string of the molecule is CCCN(CC(=O)NCC(=O)O)C(O)C(CN)N[C@H](O)N[C@H](C(C)=O)C(C)C. The topological polar surface area (TPSA) is 177 Å². The van der Waals surface area contributed by atoms with E-state index in [4.69, 9.17) is 10.8 Å². The fourth-order valence-corrected chi connectivity index (χ4v) is 2.74. The molecule has 0 fully saturated rings. The predicted octanol–water partition coefficient (Wildman–Crippen LogP) is -2.39. The van der Waals surface area contributed by atoms with Crippen molar-refractivity contribution in [1.82, 2.24) is 20.9 Å². The molecule has 28 heavy (non-hydrogen) atoms. The largest absolute Gasteiger partial charge is 0.480 e. The second-order valence-electron chi connectivity index (χ2n) is 6.96. The lowest BCUT2D eigenvalue weighted by atomic mass is 10.0. The van der Waals surface area contributed by atoms with Crippen LogP contribution in [0.25, 0.3) is 0 Å². The van der Waals surface area contributed by atoms with E-state index < -0.39 is 43.1 Å². The number of aliphatic hydroxyl groups excluding tert-OH is 2. The number of amides is 1. The molecule has 0 rings (SSSR count). The van der Waals surface area contributed by atoms with Crippen LogP contribution in [-0.4, -0.2) is 88.7 Å². The maximum Gasteiger partial charge on any atom is 0.322 e. The van der Waals surface area contributed by atoms with Gasteiger partial charge in [0.15, 0.2) is 6.35 Å². The standard InChI is InChI=1S/C17H35N5O6/c1-5-6-22(9-13(24)19-8-14(25)26)16(27)12(7-18)20-17(28)21-15(10(2)3)11(4)23/h10,12,15-17,20-21,27-28H,5-9,18H2,1-4H3,(H,19,24)(H,25,26)/t12?,15-,16?,17-/m0/s1. The zero-order chi connectivity index (χ0) is 21.9. The molecular formula is C17H35N5O6. The van der Waals surface area contributed by atoms with Gasteiger partial charge >= 0.3 is 5.97 Å². The highest BCUT2D eigenvalue weighted by Crippen LogP contribution is 2.06. The molecule has 0 aromatic carbocycles. The zero-order valence-corrected chi connectivity index (χ0v) is 17.0. The second kappa shape index (κ2) is 13.5. The van der Waals surface area contributed by atoms with Gasteiger partial charge in [-0.25, -0.2) is 0 Å². The number of Topliss-reactive ketones (excluding diaryl/α,β-unsaturated/α-hetero) is 1. The average Bonchev–Trinajstić information content (AvgIpc) is 2.60. The molecule has 0 aliphatic carbocycles. The smallest absolute Gasteiger partial charge is 0.322 e. The van der Waals surface area contributed by atoms with E-state index in [2.05, 4.69) is 16.0 Å². The number of nitrogens with two attached hydrogens (primary N) is 1. The Labute approximate surface area is 165 Å². The fourth-order valence-electron chi connectivity index (χ4n) is 2.74. The van der Waals surface area contributed by atoms with Crippen molar-refractivity contribution in [3.8, 4) is 0 Å². The van der Waals surface area contributed by atoms with Crippen molar-refractivity contribution in [3.63, 3.8) is 0 Å². The van der Waals surface area contributed by atoms with Gasteiger partial charge in [0.1, 0.15) is 18.6 Å². The Kier molecular flexibility index (Phi) is 12.7. The fraction of sp³-hybridized carbons (Fsp3) is 0.824. The van der Waals surface area contributed by atoms with Gasteiger partial charge in [-0.15, -0.1) is 0 Å². The minimum atomic E-state index is -1.30. The number of carbonyl (C=O) groups is 3. The van der Waals surface area contributed by atoms with E-state index in [1.165, 1.54) is 11.8 Å². The molecule has 11 heteroatoms. The molecule has 0 aliphatic rings. The first-order chi connectivity index (χ1) is 13.0. The third kappa shape index (κ3) is 10.1. The van der Waals surface area contributed by atoms with Crippen LogP contribution >= 0.6 is 0 Å². The molecule has 164 valence electrons. The number of aliphatic hydroxyl groups is 2. The predicted molar refractivity (Wildman–Crippen MR) is 103 cm³/mol. The number of hydrogen-bond acceptors (Lipinski definition) is 9. The van der Waals surface area contributed by atoms with Gasteiger partial charge in [0.05, 0.1) is 18.6 Å². The molecule has 0 radical (unpaired) electrons. The van der Waals surface area contributed by atoms with Gasteiger partial charge in [-0.2, -0.15) is 0 Å². The molecule has 0 aliphatic heterocycles. The van der Waals surface area contributed by atoms with Gasteiger partial charge in [0.2, 0.25) is 5.91 Å². The molecule has 1 amide bonds. The molecular weight excluding hydrogens is 370 g/mol. The number of aliphatic carboxylic acids is 1. The lowest BCUT2D eigenvalue weighted by molar-refractivity contribution is -0.138. The van der Waals surface area contributed by atoms with Crippen molar-refractivity contribution in [3.05, 3.63) is 0 Å². The van der Waals surface area contributed by atoms with Crippen molar-refractivity contribution in [2.24, 2.45) is 11.7 Å². The molecule has 0 heterocycles. The van der Waals surface area contributed by atoms with Crippen LogP contribution < -0.4 is 21.7 Å². The van der Waals surface area contributed by atoms with Crippen LogP contribution in [0.2, 0.25) is 0 Å². The Bertz CT molecular complexity index is 504.